The number of allylic oxidation sites excluding steroid dienone is 2. The number of nitrogens with one attached hydrogen (secondary N) is 1. The van der Waals surface area contributed by atoms with E-state index in [1.807, 2.05) is 18.2 Å². The van der Waals surface area contributed by atoms with Crippen LogP contribution in [-0.4, -0.2) is 36.6 Å². The molecule has 1 aliphatic carbocycles. The van der Waals surface area contributed by atoms with Crippen LogP contribution in [0.4, 0.5) is 5.95 Å². The molecular formula is C22H19N5O3S. The zero-order valence-corrected chi connectivity index (χ0v) is 17.3. The molecule has 0 spiro atoms. The lowest BCUT2D eigenvalue weighted by Crippen LogP contribution is -2.31. The second-order valence-corrected chi connectivity index (χ2v) is 8.34. The van der Waals surface area contributed by atoms with Crippen LogP contribution < -0.4 is 5.32 Å². The number of aromatic nitrogens is 4. The van der Waals surface area contributed by atoms with E-state index in [2.05, 4.69) is 20.4 Å². The van der Waals surface area contributed by atoms with Crippen molar-refractivity contribution in [3.8, 4) is 0 Å². The Morgan fingerprint density at radius 2 is 2.03 bits per heavy atom. The number of fused-ring (bicyclic) bond motifs is 1. The molecule has 5 rings (SSSR count). The minimum atomic E-state index is -0.986. The highest BCUT2D eigenvalue weighted by Crippen LogP contribution is 2.40. The van der Waals surface area contributed by atoms with Gasteiger partial charge >= 0.3 is 5.97 Å². The van der Waals surface area contributed by atoms with Crippen molar-refractivity contribution < 1.29 is 14.7 Å². The predicted molar refractivity (Wildman–Crippen MR) is 115 cm³/mol. The quantitative estimate of drug-likeness (QED) is 0.586. The minimum absolute atomic E-state index is 0.0879. The van der Waals surface area contributed by atoms with Crippen LogP contribution in [-0.2, 0) is 10.5 Å². The predicted octanol–water partition coefficient (Wildman–Crippen LogP) is 3.69. The van der Waals surface area contributed by atoms with Crippen molar-refractivity contribution in [3.05, 3.63) is 76.8 Å². The molecule has 156 valence electrons. The molecule has 2 aromatic heterocycles. The van der Waals surface area contributed by atoms with E-state index in [1.54, 1.807) is 35.1 Å². The van der Waals surface area contributed by atoms with Gasteiger partial charge in [0, 0.05) is 29.6 Å². The van der Waals surface area contributed by atoms with E-state index in [0.717, 1.165) is 29.8 Å². The number of pyridine rings is 1. The second kappa shape index (κ2) is 7.99. The standard InChI is InChI=1S/C22H19N5O3S/c28-17-6-3-5-16-18(17)19(13-7-9-14(10-8-13)20(29)30)27-21(24-16)25-22(26-27)31-12-15-4-1-2-11-23-15/h1-2,4,7-11,19H,3,5-6,12H2,(H,29,30)(H,24,25,26). The Balaban J connectivity index is 1.51. The Labute approximate surface area is 182 Å². The number of aromatic carboxylic acids is 1. The first-order chi connectivity index (χ1) is 15.1. The molecular weight excluding hydrogens is 414 g/mol. The van der Waals surface area contributed by atoms with E-state index in [9.17, 15) is 14.7 Å². The summed E-state index contributed by atoms with van der Waals surface area (Å²) in [5.74, 6) is 0.322. The highest BCUT2D eigenvalue weighted by molar-refractivity contribution is 7.98. The number of Topliss-reactive ketones (excluding diaryl/α,β-unsaturated/α-hetero) is 1. The summed E-state index contributed by atoms with van der Waals surface area (Å²) in [4.78, 5) is 33.1. The number of anilines is 1. The molecule has 2 aliphatic rings. The van der Waals surface area contributed by atoms with E-state index < -0.39 is 12.0 Å². The Bertz CT molecular complexity index is 1190. The number of carbonyl (C=O) groups excluding carboxylic acids is 1. The molecule has 9 heteroatoms. The molecule has 3 heterocycles. The molecule has 1 aliphatic heterocycles. The van der Waals surface area contributed by atoms with Crippen molar-refractivity contribution in [1.29, 1.82) is 0 Å². The van der Waals surface area contributed by atoms with Crippen LogP contribution in [0.25, 0.3) is 0 Å². The van der Waals surface area contributed by atoms with Crippen molar-refractivity contribution in [2.75, 3.05) is 5.32 Å². The molecule has 1 aromatic carbocycles. The first-order valence-electron chi connectivity index (χ1n) is 9.96. The highest BCUT2D eigenvalue weighted by atomic mass is 32.2. The van der Waals surface area contributed by atoms with Crippen molar-refractivity contribution in [2.24, 2.45) is 0 Å². The highest BCUT2D eigenvalue weighted by Gasteiger charge is 2.36. The molecule has 3 aromatic rings. The van der Waals surface area contributed by atoms with Crippen LogP contribution in [0, 0.1) is 0 Å². The second-order valence-electron chi connectivity index (χ2n) is 7.40. The molecule has 0 radical (unpaired) electrons. The molecule has 0 fully saturated rings. The Morgan fingerprint density at radius 1 is 1.19 bits per heavy atom. The molecule has 0 saturated heterocycles. The van der Waals surface area contributed by atoms with Gasteiger partial charge in [-0.05, 0) is 42.7 Å². The topological polar surface area (TPSA) is 110 Å². The lowest BCUT2D eigenvalue weighted by atomic mass is 9.85. The number of ketones is 1. The number of hydrogen-bond acceptors (Lipinski definition) is 7. The van der Waals surface area contributed by atoms with Gasteiger partial charge in [-0.2, -0.15) is 4.98 Å². The lowest BCUT2D eigenvalue weighted by Gasteiger charge is -2.32. The maximum absolute atomic E-state index is 12.8. The van der Waals surface area contributed by atoms with Gasteiger partial charge in [0.25, 0.3) is 0 Å². The summed E-state index contributed by atoms with van der Waals surface area (Å²) in [5, 5.41) is 17.8. The fourth-order valence-electron chi connectivity index (χ4n) is 3.94. The van der Waals surface area contributed by atoms with Gasteiger partial charge in [0.15, 0.2) is 5.78 Å². The summed E-state index contributed by atoms with van der Waals surface area (Å²) < 4.78 is 1.73. The Morgan fingerprint density at radius 3 is 2.77 bits per heavy atom. The SMILES string of the molecule is O=C1CCCC2=C1C(c1ccc(C(=O)O)cc1)n1nc(SCc3ccccn3)nc1N2. The maximum atomic E-state index is 12.8. The Hall–Kier alpha value is -3.46. The molecule has 31 heavy (non-hydrogen) atoms. The van der Waals surface area contributed by atoms with Gasteiger partial charge in [-0.15, -0.1) is 5.10 Å². The number of hydrogen-bond donors (Lipinski definition) is 2. The smallest absolute Gasteiger partial charge is 0.335 e. The third-order valence-corrected chi connectivity index (χ3v) is 6.27. The summed E-state index contributed by atoms with van der Waals surface area (Å²) in [6.07, 6.45) is 3.82. The first kappa shape index (κ1) is 19.5. The van der Waals surface area contributed by atoms with E-state index >= 15 is 0 Å². The molecule has 1 atom stereocenters. The van der Waals surface area contributed by atoms with Crippen LogP contribution >= 0.6 is 11.8 Å². The number of carboxylic acid groups (broad SMARTS) is 1. The first-order valence-corrected chi connectivity index (χ1v) is 10.9. The van der Waals surface area contributed by atoms with Gasteiger partial charge in [-0.3, -0.25) is 9.78 Å². The van der Waals surface area contributed by atoms with Crippen LogP contribution in [0.2, 0.25) is 0 Å². The van der Waals surface area contributed by atoms with Crippen molar-refractivity contribution in [1.82, 2.24) is 19.7 Å². The fraction of sp³-hybridized carbons (Fsp3) is 0.227. The van der Waals surface area contributed by atoms with Crippen LogP contribution in [0.15, 0.2) is 65.1 Å². The van der Waals surface area contributed by atoms with Crippen LogP contribution in [0.3, 0.4) is 0 Å². The van der Waals surface area contributed by atoms with Crippen molar-refractivity contribution >= 4 is 29.5 Å². The zero-order valence-electron chi connectivity index (χ0n) is 16.5. The molecule has 0 saturated carbocycles. The lowest BCUT2D eigenvalue weighted by molar-refractivity contribution is -0.116. The minimum Gasteiger partial charge on any atom is -0.478 e. The Kier molecular flexibility index (Phi) is 5.03. The summed E-state index contributed by atoms with van der Waals surface area (Å²) in [7, 11) is 0. The number of carboxylic acids is 1. The van der Waals surface area contributed by atoms with E-state index in [-0.39, 0.29) is 11.3 Å². The van der Waals surface area contributed by atoms with Gasteiger partial charge in [-0.25, -0.2) is 9.48 Å². The largest absolute Gasteiger partial charge is 0.478 e. The van der Waals surface area contributed by atoms with Crippen molar-refractivity contribution in [2.45, 2.75) is 36.2 Å². The number of carbonyl (C=O) groups is 2. The summed E-state index contributed by atoms with van der Waals surface area (Å²) in [6.45, 7) is 0. The maximum Gasteiger partial charge on any atom is 0.335 e. The van der Waals surface area contributed by atoms with E-state index in [0.29, 0.717) is 28.9 Å². The van der Waals surface area contributed by atoms with E-state index in [1.165, 1.54) is 11.8 Å². The average molecular weight is 433 g/mol. The number of rotatable bonds is 5. The number of thioether (sulfide) groups is 1. The zero-order chi connectivity index (χ0) is 21.4. The van der Waals surface area contributed by atoms with Gasteiger partial charge in [0.1, 0.15) is 6.04 Å². The monoisotopic (exact) mass is 433 g/mol. The van der Waals surface area contributed by atoms with E-state index in [4.69, 9.17) is 0 Å². The number of nitrogens with zero attached hydrogens (tertiary/aromatic N) is 4. The summed E-state index contributed by atoms with van der Waals surface area (Å²) in [6, 6.07) is 11.9. The third-order valence-electron chi connectivity index (χ3n) is 5.40. The normalized spacial score (nSPS) is 17.7. The van der Waals surface area contributed by atoms with Crippen LogP contribution in [0.5, 0.6) is 0 Å². The molecule has 8 nitrogen and oxygen atoms in total. The van der Waals surface area contributed by atoms with Gasteiger partial charge < -0.3 is 10.4 Å². The summed E-state index contributed by atoms with van der Waals surface area (Å²) >= 11 is 1.48. The van der Waals surface area contributed by atoms with Gasteiger partial charge in [0.2, 0.25) is 11.1 Å². The molecule has 1 unspecified atom stereocenters. The average Bonchev–Trinajstić information content (AvgIpc) is 3.20. The molecule has 0 amide bonds. The van der Waals surface area contributed by atoms with Crippen LogP contribution in [0.1, 0.15) is 46.9 Å². The third kappa shape index (κ3) is 3.72. The molecule has 2 N–H and O–H groups in total. The van der Waals surface area contributed by atoms with Gasteiger partial charge in [-0.1, -0.05) is 30.0 Å². The fourth-order valence-corrected chi connectivity index (χ4v) is 4.68. The molecule has 0 bridgehead atoms. The van der Waals surface area contributed by atoms with Crippen molar-refractivity contribution in [3.63, 3.8) is 0 Å². The van der Waals surface area contributed by atoms with Gasteiger partial charge in [0.05, 0.1) is 11.3 Å². The summed E-state index contributed by atoms with van der Waals surface area (Å²) in [5.41, 5.74) is 3.51. The number of benzene rings is 1.